The molecule has 0 amide bonds. The van der Waals surface area contributed by atoms with Crippen molar-refractivity contribution in [3.05, 3.63) is 69.7 Å². The van der Waals surface area contributed by atoms with Crippen LogP contribution in [0, 0.1) is 0 Å². The Morgan fingerprint density at radius 1 is 1.00 bits per heavy atom. The number of benzene rings is 2. The van der Waals surface area contributed by atoms with Crippen LogP contribution in [-0.2, 0) is 27.8 Å². The molecule has 32 heavy (non-hydrogen) atoms. The van der Waals surface area contributed by atoms with Crippen molar-refractivity contribution in [2.45, 2.75) is 43.4 Å². The Morgan fingerprint density at radius 2 is 1.66 bits per heavy atom. The monoisotopic (exact) mass is 486 g/mol. The molecule has 0 aromatic heterocycles. The maximum atomic E-state index is 10.9. The number of hydrogen-bond donors (Lipinski definition) is 6. The molecular weight excluding hydrogens is 460 g/mol. The van der Waals surface area contributed by atoms with Crippen molar-refractivity contribution >= 4 is 21.8 Å². The normalized spacial score (nSPS) is 26.2. The van der Waals surface area contributed by atoms with Gasteiger partial charge in [-0.1, -0.05) is 48.0 Å². The maximum absolute atomic E-state index is 10.9. The number of halogens is 1. The van der Waals surface area contributed by atoms with Gasteiger partial charge in [0.05, 0.1) is 6.61 Å². The van der Waals surface area contributed by atoms with E-state index in [4.69, 9.17) is 21.5 Å². The SMILES string of the molecule is NS(=O)(=O)NCCc1ccc(Cc2cc(C3OC(CO)C(O)C(O)C3O)ccc2Cl)cc1. The second kappa shape index (κ2) is 10.6. The third kappa shape index (κ3) is 6.25. The third-order valence-electron chi connectivity index (χ3n) is 5.43. The van der Waals surface area contributed by atoms with Crippen molar-refractivity contribution < 1.29 is 33.6 Å². The number of ether oxygens (including phenoxy) is 1. The molecule has 2 aromatic carbocycles. The predicted molar refractivity (Wildman–Crippen MR) is 118 cm³/mol. The molecular formula is C21H27ClN2O7S. The van der Waals surface area contributed by atoms with Crippen LogP contribution in [0.4, 0.5) is 0 Å². The molecule has 7 N–H and O–H groups in total. The summed E-state index contributed by atoms with van der Waals surface area (Å²) in [5.41, 5.74) is 3.23. The minimum absolute atomic E-state index is 0.200. The minimum atomic E-state index is -3.71. The Labute approximate surface area is 191 Å². The molecule has 5 atom stereocenters. The van der Waals surface area contributed by atoms with Gasteiger partial charge in [0.25, 0.3) is 10.2 Å². The lowest BCUT2D eigenvalue weighted by Crippen LogP contribution is -2.55. The van der Waals surface area contributed by atoms with Crippen LogP contribution in [-0.4, -0.2) is 66.4 Å². The summed E-state index contributed by atoms with van der Waals surface area (Å²) >= 11 is 6.36. The van der Waals surface area contributed by atoms with Crippen LogP contribution in [0.25, 0.3) is 0 Å². The Morgan fingerprint density at radius 3 is 2.28 bits per heavy atom. The number of rotatable bonds is 8. The molecule has 176 valence electrons. The van der Waals surface area contributed by atoms with E-state index in [1.807, 2.05) is 24.3 Å². The Bertz CT molecular complexity index is 1020. The van der Waals surface area contributed by atoms with Gasteiger partial charge in [-0.25, -0.2) is 9.86 Å². The first-order valence-corrected chi connectivity index (χ1v) is 12.0. The first kappa shape index (κ1) is 25.0. The van der Waals surface area contributed by atoms with E-state index in [9.17, 15) is 28.8 Å². The van der Waals surface area contributed by atoms with Crippen molar-refractivity contribution in [3.63, 3.8) is 0 Å². The summed E-state index contributed by atoms with van der Waals surface area (Å²) in [7, 11) is -3.71. The van der Waals surface area contributed by atoms with Crippen molar-refractivity contribution in [2.75, 3.05) is 13.2 Å². The van der Waals surface area contributed by atoms with Crippen LogP contribution in [0.2, 0.25) is 5.02 Å². The van der Waals surface area contributed by atoms with E-state index in [1.165, 1.54) is 0 Å². The number of hydrogen-bond acceptors (Lipinski definition) is 7. The minimum Gasteiger partial charge on any atom is -0.394 e. The predicted octanol–water partition coefficient (Wildman–Crippen LogP) is -0.219. The third-order valence-corrected chi connectivity index (χ3v) is 6.40. The summed E-state index contributed by atoms with van der Waals surface area (Å²) < 4.78 is 29.7. The molecule has 1 aliphatic rings. The lowest BCUT2D eigenvalue weighted by atomic mass is 9.90. The second-order valence-electron chi connectivity index (χ2n) is 7.78. The first-order valence-electron chi connectivity index (χ1n) is 10.0. The van der Waals surface area contributed by atoms with Gasteiger partial charge in [-0.15, -0.1) is 0 Å². The highest BCUT2D eigenvalue weighted by Gasteiger charge is 2.44. The molecule has 0 bridgehead atoms. The summed E-state index contributed by atoms with van der Waals surface area (Å²) in [4.78, 5) is 0. The van der Waals surface area contributed by atoms with Gasteiger partial charge >= 0.3 is 0 Å². The van der Waals surface area contributed by atoms with Gasteiger partial charge in [0.2, 0.25) is 0 Å². The summed E-state index contributed by atoms with van der Waals surface area (Å²) in [5, 5.41) is 45.2. The molecule has 1 aliphatic heterocycles. The molecule has 0 radical (unpaired) electrons. The molecule has 0 aliphatic carbocycles. The van der Waals surface area contributed by atoms with Gasteiger partial charge in [-0.3, -0.25) is 0 Å². The van der Waals surface area contributed by atoms with E-state index in [0.29, 0.717) is 23.4 Å². The zero-order valence-electron chi connectivity index (χ0n) is 17.1. The smallest absolute Gasteiger partial charge is 0.274 e. The van der Waals surface area contributed by atoms with Crippen molar-refractivity contribution in [2.24, 2.45) is 5.14 Å². The number of aliphatic hydroxyl groups is 4. The van der Waals surface area contributed by atoms with Crippen LogP contribution < -0.4 is 9.86 Å². The molecule has 5 unspecified atom stereocenters. The first-order chi connectivity index (χ1) is 15.1. The van der Waals surface area contributed by atoms with Crippen LogP contribution in [0.1, 0.15) is 28.4 Å². The molecule has 2 aromatic rings. The highest BCUT2D eigenvalue weighted by Crippen LogP contribution is 2.34. The van der Waals surface area contributed by atoms with Gasteiger partial charge in [0, 0.05) is 11.6 Å². The highest BCUT2D eigenvalue weighted by molar-refractivity contribution is 7.87. The molecule has 11 heteroatoms. The molecule has 1 fully saturated rings. The quantitative estimate of drug-likeness (QED) is 0.300. The van der Waals surface area contributed by atoms with Crippen LogP contribution in [0.15, 0.2) is 42.5 Å². The average Bonchev–Trinajstić information content (AvgIpc) is 2.74. The number of aliphatic hydroxyl groups excluding tert-OH is 4. The molecule has 0 spiro atoms. The van der Waals surface area contributed by atoms with Gasteiger partial charge in [0.15, 0.2) is 0 Å². The van der Waals surface area contributed by atoms with E-state index in [-0.39, 0.29) is 6.54 Å². The fourth-order valence-corrected chi connectivity index (χ4v) is 4.24. The standard InChI is InChI=1S/C21H27ClN2O7S/c22-16-6-5-14(21-20(28)19(27)18(26)17(11-25)31-21)10-15(16)9-13-3-1-12(2-4-13)7-8-24-32(23,29)30/h1-6,10,17-21,24-28H,7-9,11H2,(H2,23,29,30). The Hall–Kier alpha value is -1.60. The van der Waals surface area contributed by atoms with E-state index in [2.05, 4.69) is 4.72 Å². The van der Waals surface area contributed by atoms with E-state index in [1.54, 1.807) is 18.2 Å². The summed E-state index contributed by atoms with van der Waals surface area (Å²) in [6, 6.07) is 12.7. The average molecular weight is 487 g/mol. The van der Waals surface area contributed by atoms with E-state index < -0.39 is 47.3 Å². The molecule has 1 heterocycles. The molecule has 0 saturated carbocycles. The van der Waals surface area contributed by atoms with Crippen molar-refractivity contribution in [1.82, 2.24) is 4.72 Å². The van der Waals surface area contributed by atoms with Crippen molar-refractivity contribution in [1.29, 1.82) is 0 Å². The Kier molecular flexibility index (Phi) is 8.26. The van der Waals surface area contributed by atoms with Gasteiger partial charge < -0.3 is 25.2 Å². The lowest BCUT2D eigenvalue weighted by Gasteiger charge is -2.40. The topological polar surface area (TPSA) is 162 Å². The zero-order chi connectivity index (χ0) is 23.5. The molecule has 3 rings (SSSR count). The molecule has 9 nitrogen and oxygen atoms in total. The van der Waals surface area contributed by atoms with E-state index >= 15 is 0 Å². The van der Waals surface area contributed by atoms with E-state index in [0.717, 1.165) is 16.7 Å². The maximum Gasteiger partial charge on any atom is 0.274 e. The summed E-state index contributed by atoms with van der Waals surface area (Å²) in [5.74, 6) is 0. The molecule has 1 saturated heterocycles. The lowest BCUT2D eigenvalue weighted by molar-refractivity contribution is -0.231. The highest BCUT2D eigenvalue weighted by atomic mass is 35.5. The number of nitrogens with one attached hydrogen (secondary N) is 1. The summed E-state index contributed by atoms with van der Waals surface area (Å²) in [6.45, 7) is -0.299. The van der Waals surface area contributed by atoms with Crippen LogP contribution in [0.5, 0.6) is 0 Å². The summed E-state index contributed by atoms with van der Waals surface area (Å²) in [6.07, 6.45) is -5.20. The van der Waals surface area contributed by atoms with Crippen LogP contribution in [0.3, 0.4) is 0 Å². The van der Waals surface area contributed by atoms with Gasteiger partial charge in [-0.05, 0) is 41.2 Å². The second-order valence-corrected chi connectivity index (χ2v) is 9.57. The zero-order valence-corrected chi connectivity index (χ0v) is 18.7. The van der Waals surface area contributed by atoms with Gasteiger partial charge in [0.1, 0.15) is 30.5 Å². The Balaban J connectivity index is 1.72. The fourth-order valence-electron chi connectivity index (χ4n) is 3.67. The largest absolute Gasteiger partial charge is 0.394 e. The fraction of sp³-hybridized carbons (Fsp3) is 0.429. The van der Waals surface area contributed by atoms with Crippen LogP contribution >= 0.6 is 11.6 Å². The van der Waals surface area contributed by atoms with Crippen molar-refractivity contribution in [3.8, 4) is 0 Å². The van der Waals surface area contributed by atoms with Gasteiger partial charge in [-0.2, -0.15) is 8.42 Å². The number of nitrogens with two attached hydrogens (primary N) is 1.